The van der Waals surface area contributed by atoms with Gasteiger partial charge in [0.05, 0.1) is 5.69 Å². The Morgan fingerprint density at radius 3 is 2.58 bits per heavy atom. The number of nitrogens with one attached hydrogen (secondary N) is 1. The fourth-order valence-corrected chi connectivity index (χ4v) is 5.48. The van der Waals surface area contributed by atoms with Gasteiger partial charge in [-0.05, 0) is 56.7 Å². The molecule has 1 N–H and O–H groups in total. The predicted octanol–water partition coefficient (Wildman–Crippen LogP) is 4.92. The van der Waals surface area contributed by atoms with Crippen molar-refractivity contribution in [2.24, 2.45) is 5.92 Å². The van der Waals surface area contributed by atoms with Crippen LogP contribution in [0.1, 0.15) is 54.8 Å². The number of piperidine rings is 2. The number of hydrogen-bond donors (Lipinski definition) is 1. The lowest BCUT2D eigenvalue weighted by atomic mass is 10.0. The molecule has 3 aliphatic rings. The van der Waals surface area contributed by atoms with E-state index in [1.165, 1.54) is 12.5 Å². The van der Waals surface area contributed by atoms with Gasteiger partial charge in [0.2, 0.25) is 0 Å². The van der Waals surface area contributed by atoms with E-state index in [2.05, 4.69) is 15.2 Å². The van der Waals surface area contributed by atoms with Gasteiger partial charge >= 0.3 is 0 Å². The molecule has 2 aromatic rings. The molecule has 3 saturated heterocycles. The highest BCUT2D eigenvalue weighted by Gasteiger charge is 2.36. The van der Waals surface area contributed by atoms with E-state index in [4.69, 9.17) is 4.42 Å². The zero-order chi connectivity index (χ0) is 25.3. The Morgan fingerprint density at radius 1 is 1.11 bits per heavy atom. The van der Waals surface area contributed by atoms with Crippen LogP contribution in [0.4, 0.5) is 30.6 Å². The summed E-state index contributed by atoms with van der Waals surface area (Å²) in [6, 6.07) is 5.16. The van der Waals surface area contributed by atoms with Crippen LogP contribution in [-0.2, 0) is 0 Å². The van der Waals surface area contributed by atoms with Gasteiger partial charge in [-0.1, -0.05) is 0 Å². The van der Waals surface area contributed by atoms with E-state index in [0.717, 1.165) is 45.4 Å². The molecule has 196 valence electrons. The standard InChI is InChI=1S/C26H34F3N5O2/c1-18-23(24(35)30-20-5-6-22(21(27)15-20)33-10-3-2-4-11-33)31-25(36-18)34-12-7-19(17-34)16-32-13-8-26(28,29)9-14-32/h5-6,15,19H,2-4,7-14,16-17H2,1H3,(H,30,35). The number of amides is 1. The van der Waals surface area contributed by atoms with Gasteiger partial charge in [0.1, 0.15) is 11.6 Å². The third kappa shape index (κ3) is 5.63. The summed E-state index contributed by atoms with van der Waals surface area (Å²) in [7, 11) is 0. The van der Waals surface area contributed by atoms with E-state index < -0.39 is 11.8 Å². The Labute approximate surface area is 209 Å². The zero-order valence-corrected chi connectivity index (χ0v) is 20.7. The average Bonchev–Trinajstić information content (AvgIpc) is 3.47. The Morgan fingerprint density at radius 2 is 1.86 bits per heavy atom. The minimum Gasteiger partial charge on any atom is -0.428 e. The summed E-state index contributed by atoms with van der Waals surface area (Å²) >= 11 is 0. The van der Waals surface area contributed by atoms with Crippen LogP contribution in [0.3, 0.4) is 0 Å². The number of anilines is 3. The highest BCUT2D eigenvalue weighted by atomic mass is 19.3. The lowest BCUT2D eigenvalue weighted by molar-refractivity contribution is -0.0569. The number of halogens is 3. The molecule has 0 aliphatic carbocycles. The Bertz CT molecular complexity index is 1080. The van der Waals surface area contributed by atoms with Crippen molar-refractivity contribution >= 4 is 23.3 Å². The van der Waals surface area contributed by atoms with Crippen LogP contribution in [0, 0.1) is 18.7 Å². The molecule has 0 spiro atoms. The van der Waals surface area contributed by atoms with Crippen LogP contribution in [-0.4, -0.2) is 67.5 Å². The maximum absolute atomic E-state index is 14.7. The molecule has 10 heteroatoms. The molecule has 5 rings (SSSR count). The molecule has 1 amide bonds. The smallest absolute Gasteiger partial charge is 0.298 e. The fraction of sp³-hybridized carbons (Fsp3) is 0.615. The summed E-state index contributed by atoms with van der Waals surface area (Å²) < 4.78 is 47.4. The van der Waals surface area contributed by atoms with Crippen molar-refractivity contribution in [2.45, 2.75) is 51.4 Å². The van der Waals surface area contributed by atoms with Gasteiger partial charge in [0.25, 0.3) is 17.8 Å². The number of carbonyl (C=O) groups is 1. The predicted molar refractivity (Wildman–Crippen MR) is 133 cm³/mol. The van der Waals surface area contributed by atoms with Gasteiger partial charge in [-0.15, -0.1) is 0 Å². The van der Waals surface area contributed by atoms with E-state index in [1.807, 2.05) is 9.80 Å². The number of benzene rings is 1. The van der Waals surface area contributed by atoms with E-state index in [-0.39, 0.29) is 24.4 Å². The second kappa shape index (κ2) is 10.3. The summed E-state index contributed by atoms with van der Waals surface area (Å²) in [5, 5.41) is 2.74. The number of aromatic nitrogens is 1. The van der Waals surface area contributed by atoms with E-state index >= 15 is 0 Å². The first kappa shape index (κ1) is 24.9. The van der Waals surface area contributed by atoms with Crippen molar-refractivity contribution in [3.63, 3.8) is 0 Å². The van der Waals surface area contributed by atoms with Gasteiger partial charge in [-0.3, -0.25) is 4.79 Å². The van der Waals surface area contributed by atoms with Gasteiger partial charge in [-0.2, -0.15) is 4.98 Å². The molecule has 36 heavy (non-hydrogen) atoms. The number of hydrogen-bond acceptors (Lipinski definition) is 6. The molecular formula is C26H34F3N5O2. The van der Waals surface area contributed by atoms with Gasteiger partial charge in [-0.25, -0.2) is 13.2 Å². The topological polar surface area (TPSA) is 64.9 Å². The van der Waals surface area contributed by atoms with E-state index in [0.29, 0.717) is 48.7 Å². The molecule has 3 fully saturated rings. The molecule has 1 atom stereocenters. The second-order valence-corrected chi connectivity index (χ2v) is 10.3. The third-order valence-electron chi connectivity index (χ3n) is 7.56. The van der Waals surface area contributed by atoms with Crippen molar-refractivity contribution in [3.05, 3.63) is 35.5 Å². The van der Waals surface area contributed by atoms with Gasteiger partial charge in [0, 0.05) is 64.3 Å². The monoisotopic (exact) mass is 505 g/mol. The molecule has 0 bridgehead atoms. The molecule has 4 heterocycles. The van der Waals surface area contributed by atoms with Crippen molar-refractivity contribution in [1.29, 1.82) is 0 Å². The second-order valence-electron chi connectivity index (χ2n) is 10.3. The number of oxazole rings is 1. The molecule has 0 saturated carbocycles. The number of nitrogens with zero attached hydrogens (tertiary/aromatic N) is 4. The Hall–Kier alpha value is -2.75. The number of alkyl halides is 2. The van der Waals surface area contributed by atoms with E-state index in [9.17, 15) is 18.0 Å². The first-order chi connectivity index (χ1) is 17.3. The highest BCUT2D eigenvalue weighted by Crippen LogP contribution is 2.31. The van der Waals surface area contributed by atoms with Crippen LogP contribution in [0.25, 0.3) is 0 Å². The lowest BCUT2D eigenvalue weighted by Gasteiger charge is -2.33. The summed E-state index contributed by atoms with van der Waals surface area (Å²) in [6.07, 6.45) is 4.04. The first-order valence-electron chi connectivity index (χ1n) is 13.0. The van der Waals surface area contributed by atoms with Crippen molar-refractivity contribution in [1.82, 2.24) is 9.88 Å². The molecule has 0 radical (unpaired) electrons. The van der Waals surface area contributed by atoms with Gasteiger partial charge in [0.15, 0.2) is 5.69 Å². The molecule has 1 unspecified atom stereocenters. The fourth-order valence-electron chi connectivity index (χ4n) is 5.48. The van der Waals surface area contributed by atoms with Crippen molar-refractivity contribution in [3.8, 4) is 0 Å². The van der Waals surface area contributed by atoms with Gasteiger partial charge < -0.3 is 24.4 Å². The van der Waals surface area contributed by atoms with Crippen LogP contribution < -0.4 is 15.1 Å². The minimum atomic E-state index is -2.54. The van der Waals surface area contributed by atoms with Crippen LogP contribution in [0.5, 0.6) is 0 Å². The first-order valence-corrected chi connectivity index (χ1v) is 13.0. The third-order valence-corrected chi connectivity index (χ3v) is 7.56. The molecule has 1 aromatic heterocycles. The Kier molecular flexibility index (Phi) is 7.14. The summed E-state index contributed by atoms with van der Waals surface area (Å²) in [5.41, 5.74) is 1.11. The van der Waals surface area contributed by atoms with Crippen LogP contribution in [0.2, 0.25) is 0 Å². The highest BCUT2D eigenvalue weighted by molar-refractivity contribution is 6.03. The minimum absolute atomic E-state index is 0.0777. The number of carbonyl (C=O) groups excluding carboxylic acids is 1. The average molecular weight is 506 g/mol. The normalized spacial score (nSPS) is 22.7. The lowest BCUT2D eigenvalue weighted by Crippen LogP contribution is -2.42. The SMILES string of the molecule is Cc1oc(N2CCC(CN3CCC(F)(F)CC3)C2)nc1C(=O)Nc1ccc(N2CCCCC2)c(F)c1. The van der Waals surface area contributed by atoms with Crippen molar-refractivity contribution in [2.75, 3.05) is 60.9 Å². The zero-order valence-electron chi connectivity index (χ0n) is 20.7. The molecular weight excluding hydrogens is 471 g/mol. The quantitative estimate of drug-likeness (QED) is 0.601. The Balaban J connectivity index is 1.17. The summed E-state index contributed by atoms with van der Waals surface area (Å²) in [5.74, 6) is -2.60. The maximum atomic E-state index is 14.7. The number of rotatable bonds is 6. The van der Waals surface area contributed by atoms with Crippen LogP contribution >= 0.6 is 0 Å². The maximum Gasteiger partial charge on any atom is 0.298 e. The molecule has 1 aromatic carbocycles. The van der Waals surface area contributed by atoms with Crippen molar-refractivity contribution < 1.29 is 22.4 Å². The summed E-state index contributed by atoms with van der Waals surface area (Å²) in [6.45, 7) is 6.43. The van der Waals surface area contributed by atoms with E-state index in [1.54, 1.807) is 19.1 Å². The summed E-state index contributed by atoms with van der Waals surface area (Å²) in [4.78, 5) is 23.5. The largest absolute Gasteiger partial charge is 0.428 e. The number of likely N-dealkylation sites (tertiary alicyclic amines) is 1. The number of aryl methyl sites for hydroxylation is 1. The molecule has 3 aliphatic heterocycles. The molecule has 7 nitrogen and oxygen atoms in total. The van der Waals surface area contributed by atoms with Crippen LogP contribution in [0.15, 0.2) is 22.6 Å².